The quantitative estimate of drug-likeness (QED) is 0.864. The van der Waals surface area contributed by atoms with E-state index in [4.69, 9.17) is 0 Å². The molecular formula is C21H24N2O3. The topological polar surface area (TPSA) is 60.9 Å². The number of benzene rings is 2. The summed E-state index contributed by atoms with van der Waals surface area (Å²) in [6, 6.07) is 16.6. The lowest BCUT2D eigenvalue weighted by molar-refractivity contribution is -0.145. The van der Waals surface area contributed by atoms with Crippen LogP contribution in [0.1, 0.15) is 18.4 Å². The van der Waals surface area contributed by atoms with Crippen LogP contribution >= 0.6 is 0 Å². The number of anilines is 1. The number of likely N-dealkylation sites (N-methyl/N-ethyl adjacent to an activating group) is 1. The maximum Gasteiger partial charge on any atom is 0.316 e. The number of phenols is 1. The van der Waals surface area contributed by atoms with Gasteiger partial charge in [-0.25, -0.2) is 0 Å². The summed E-state index contributed by atoms with van der Waals surface area (Å²) in [7, 11) is 1.58. The standard InChI is InChI=1S/C21H24N2O3/c1-22(18-7-9-19(24)10-8-18)20(25)21(26)23-13-11-17(12-14-23)15-16-5-3-2-4-6-16/h2-10,17,24H,11-15H2,1H3. The predicted molar refractivity (Wildman–Crippen MR) is 101 cm³/mol. The van der Waals surface area contributed by atoms with Crippen LogP contribution < -0.4 is 4.90 Å². The van der Waals surface area contributed by atoms with Gasteiger partial charge in [0.1, 0.15) is 5.75 Å². The van der Waals surface area contributed by atoms with Crippen molar-refractivity contribution in [2.45, 2.75) is 19.3 Å². The first-order chi connectivity index (χ1) is 12.5. The van der Waals surface area contributed by atoms with Gasteiger partial charge >= 0.3 is 11.8 Å². The van der Waals surface area contributed by atoms with Crippen LogP contribution in [0.2, 0.25) is 0 Å². The monoisotopic (exact) mass is 352 g/mol. The highest BCUT2D eigenvalue weighted by atomic mass is 16.3. The van der Waals surface area contributed by atoms with Crippen molar-refractivity contribution in [2.24, 2.45) is 5.92 Å². The molecule has 5 nitrogen and oxygen atoms in total. The minimum Gasteiger partial charge on any atom is -0.508 e. The third-order valence-corrected chi connectivity index (χ3v) is 4.99. The van der Waals surface area contributed by atoms with Crippen LogP contribution in [0.25, 0.3) is 0 Å². The summed E-state index contributed by atoms with van der Waals surface area (Å²) in [5.41, 5.74) is 1.90. The number of piperidine rings is 1. The summed E-state index contributed by atoms with van der Waals surface area (Å²) in [5, 5.41) is 9.34. The molecular weight excluding hydrogens is 328 g/mol. The molecule has 1 aliphatic heterocycles. The van der Waals surface area contributed by atoms with E-state index in [9.17, 15) is 14.7 Å². The Kier molecular flexibility index (Phi) is 5.56. The number of aromatic hydroxyl groups is 1. The van der Waals surface area contributed by atoms with Crippen LogP contribution in [0.5, 0.6) is 5.75 Å². The van der Waals surface area contributed by atoms with Crippen LogP contribution in [-0.2, 0) is 16.0 Å². The van der Waals surface area contributed by atoms with Gasteiger partial charge in [0.2, 0.25) is 0 Å². The van der Waals surface area contributed by atoms with Gasteiger partial charge in [0.25, 0.3) is 0 Å². The zero-order chi connectivity index (χ0) is 18.5. The lowest BCUT2D eigenvalue weighted by Crippen LogP contribution is -2.47. The highest BCUT2D eigenvalue weighted by Crippen LogP contribution is 2.23. The second-order valence-electron chi connectivity index (χ2n) is 6.81. The van der Waals surface area contributed by atoms with Gasteiger partial charge in [0, 0.05) is 25.8 Å². The Hall–Kier alpha value is -2.82. The van der Waals surface area contributed by atoms with E-state index in [0.29, 0.717) is 24.7 Å². The Labute approximate surface area is 153 Å². The summed E-state index contributed by atoms with van der Waals surface area (Å²) in [6.45, 7) is 1.23. The van der Waals surface area contributed by atoms with Crippen molar-refractivity contribution in [2.75, 3.05) is 25.0 Å². The molecule has 1 aliphatic rings. The molecule has 136 valence electrons. The van der Waals surface area contributed by atoms with Crippen LogP contribution in [-0.4, -0.2) is 42.0 Å². The second-order valence-corrected chi connectivity index (χ2v) is 6.81. The third kappa shape index (κ3) is 4.23. The van der Waals surface area contributed by atoms with Gasteiger partial charge in [-0.05, 0) is 55.0 Å². The van der Waals surface area contributed by atoms with Crippen molar-refractivity contribution in [3.63, 3.8) is 0 Å². The molecule has 1 fully saturated rings. The zero-order valence-electron chi connectivity index (χ0n) is 15.0. The van der Waals surface area contributed by atoms with E-state index in [0.717, 1.165) is 19.3 Å². The van der Waals surface area contributed by atoms with Gasteiger partial charge in [-0.3, -0.25) is 9.59 Å². The lowest BCUT2D eigenvalue weighted by Gasteiger charge is -2.32. The first kappa shape index (κ1) is 18.0. The molecule has 0 unspecified atom stereocenters. The molecule has 0 aromatic heterocycles. The summed E-state index contributed by atoms with van der Waals surface area (Å²) in [5.74, 6) is -0.330. The Morgan fingerprint density at radius 2 is 1.65 bits per heavy atom. The summed E-state index contributed by atoms with van der Waals surface area (Å²) in [6.07, 6.45) is 2.85. The molecule has 0 saturated carbocycles. The van der Waals surface area contributed by atoms with E-state index < -0.39 is 11.8 Å². The molecule has 5 heteroatoms. The van der Waals surface area contributed by atoms with Gasteiger partial charge in [-0.15, -0.1) is 0 Å². The highest BCUT2D eigenvalue weighted by molar-refractivity contribution is 6.40. The smallest absolute Gasteiger partial charge is 0.316 e. The van der Waals surface area contributed by atoms with E-state index in [2.05, 4.69) is 12.1 Å². The van der Waals surface area contributed by atoms with E-state index in [-0.39, 0.29) is 5.75 Å². The molecule has 2 aromatic rings. The summed E-state index contributed by atoms with van der Waals surface area (Å²) >= 11 is 0. The van der Waals surface area contributed by atoms with Crippen LogP contribution in [0.4, 0.5) is 5.69 Å². The molecule has 0 radical (unpaired) electrons. The van der Waals surface area contributed by atoms with E-state index >= 15 is 0 Å². The highest BCUT2D eigenvalue weighted by Gasteiger charge is 2.29. The van der Waals surface area contributed by atoms with Crippen molar-refractivity contribution in [3.05, 3.63) is 60.2 Å². The average molecular weight is 352 g/mol. The molecule has 3 rings (SSSR count). The molecule has 1 saturated heterocycles. The van der Waals surface area contributed by atoms with E-state index in [1.54, 1.807) is 24.1 Å². The molecule has 0 spiro atoms. The van der Waals surface area contributed by atoms with Gasteiger partial charge in [0.05, 0.1) is 0 Å². The number of phenolic OH excluding ortho intramolecular Hbond substituents is 1. The Morgan fingerprint density at radius 3 is 2.27 bits per heavy atom. The molecule has 0 bridgehead atoms. The number of likely N-dealkylation sites (tertiary alicyclic amines) is 1. The van der Waals surface area contributed by atoms with Gasteiger partial charge in [-0.1, -0.05) is 30.3 Å². The first-order valence-electron chi connectivity index (χ1n) is 8.94. The number of hydrogen-bond donors (Lipinski definition) is 1. The summed E-state index contributed by atoms with van der Waals surface area (Å²) < 4.78 is 0. The molecule has 0 atom stereocenters. The maximum absolute atomic E-state index is 12.5. The van der Waals surface area contributed by atoms with E-state index in [1.165, 1.54) is 22.6 Å². The summed E-state index contributed by atoms with van der Waals surface area (Å²) in [4.78, 5) is 28.0. The normalized spacial score (nSPS) is 14.9. The Balaban J connectivity index is 1.54. The minimum absolute atomic E-state index is 0.126. The molecule has 0 aliphatic carbocycles. The number of hydrogen-bond acceptors (Lipinski definition) is 3. The van der Waals surface area contributed by atoms with Crippen LogP contribution in [0.3, 0.4) is 0 Å². The van der Waals surface area contributed by atoms with Crippen molar-refractivity contribution in [3.8, 4) is 5.75 Å². The van der Waals surface area contributed by atoms with Crippen LogP contribution in [0, 0.1) is 5.92 Å². The fraction of sp³-hybridized carbons (Fsp3) is 0.333. The van der Waals surface area contributed by atoms with Crippen molar-refractivity contribution < 1.29 is 14.7 Å². The predicted octanol–water partition coefficient (Wildman–Crippen LogP) is 2.84. The van der Waals surface area contributed by atoms with E-state index in [1.807, 2.05) is 18.2 Å². The molecule has 2 amide bonds. The fourth-order valence-electron chi connectivity index (χ4n) is 3.36. The largest absolute Gasteiger partial charge is 0.508 e. The minimum atomic E-state index is -0.544. The fourth-order valence-corrected chi connectivity index (χ4v) is 3.36. The van der Waals surface area contributed by atoms with Gasteiger partial charge < -0.3 is 14.9 Å². The van der Waals surface area contributed by atoms with Crippen molar-refractivity contribution >= 4 is 17.5 Å². The molecule has 1 N–H and O–H groups in total. The maximum atomic E-state index is 12.5. The van der Waals surface area contributed by atoms with Gasteiger partial charge in [0.15, 0.2) is 0 Å². The van der Waals surface area contributed by atoms with Crippen molar-refractivity contribution in [1.29, 1.82) is 0 Å². The zero-order valence-corrected chi connectivity index (χ0v) is 15.0. The molecule has 26 heavy (non-hydrogen) atoms. The SMILES string of the molecule is CN(C(=O)C(=O)N1CCC(Cc2ccccc2)CC1)c1ccc(O)cc1. The Bertz CT molecular complexity index is 751. The Morgan fingerprint density at radius 1 is 1.04 bits per heavy atom. The molecule has 2 aromatic carbocycles. The number of carbonyl (C=O) groups is 2. The number of rotatable bonds is 3. The number of amides is 2. The number of carbonyl (C=O) groups excluding carboxylic acids is 2. The molecule has 1 heterocycles. The average Bonchev–Trinajstić information content (AvgIpc) is 2.68. The van der Waals surface area contributed by atoms with Crippen LogP contribution in [0.15, 0.2) is 54.6 Å². The third-order valence-electron chi connectivity index (χ3n) is 4.99. The first-order valence-corrected chi connectivity index (χ1v) is 8.94. The lowest BCUT2D eigenvalue weighted by atomic mass is 9.90. The van der Waals surface area contributed by atoms with Gasteiger partial charge in [-0.2, -0.15) is 0 Å². The van der Waals surface area contributed by atoms with Crippen molar-refractivity contribution in [1.82, 2.24) is 4.90 Å². The second kappa shape index (κ2) is 8.04. The number of nitrogens with zero attached hydrogens (tertiary/aromatic N) is 2.